The van der Waals surface area contributed by atoms with Crippen molar-refractivity contribution in [1.29, 1.82) is 0 Å². The average Bonchev–Trinajstić information content (AvgIpc) is 3.31. The van der Waals surface area contributed by atoms with Gasteiger partial charge in [0, 0.05) is 22.3 Å². The molecule has 1 heterocycles. The molecule has 2 aromatic carbocycles. The van der Waals surface area contributed by atoms with Gasteiger partial charge in [-0.2, -0.15) is 0 Å². The average molecular weight is 621 g/mol. The number of benzene rings is 2. The molecule has 0 spiro atoms. The van der Waals surface area contributed by atoms with Crippen molar-refractivity contribution in [1.82, 2.24) is 0 Å². The molecule has 46 heavy (non-hydrogen) atoms. The van der Waals surface area contributed by atoms with Gasteiger partial charge in [0.25, 0.3) is 0 Å². The summed E-state index contributed by atoms with van der Waals surface area (Å²) < 4.78 is 1.58. The van der Waals surface area contributed by atoms with E-state index in [-0.39, 0.29) is 0 Å². The molecule has 0 bridgehead atoms. The number of aryl methyl sites for hydroxylation is 2. The lowest BCUT2D eigenvalue weighted by atomic mass is 9.90. The fourth-order valence-corrected chi connectivity index (χ4v) is 6.80. The molecule has 2 aromatic rings. The van der Waals surface area contributed by atoms with Crippen LogP contribution in [0.4, 0.5) is 0 Å². The maximum atomic E-state index is 12.3. The molecule has 2 nitrogen and oxygen atoms in total. The molecule has 3 rings (SSSR count). The van der Waals surface area contributed by atoms with E-state index in [2.05, 4.69) is 102 Å². The smallest absolute Gasteiger partial charge is 0.211 e. The SMILES string of the molecule is CCCCC=Cc1cc(C=CCCCC)cc(C2=C(CCCCCCCC)C(CCCCCC)=C(c3cc(C)cc(C)c3)[N+]2=[N-])c1. The Morgan fingerprint density at radius 1 is 0.500 bits per heavy atom. The van der Waals surface area contributed by atoms with E-state index in [1.165, 1.54) is 110 Å². The second-order valence-corrected chi connectivity index (χ2v) is 13.6. The standard InChI is InChI=1S/C44H64N2/c1-7-11-15-19-20-24-28-42-41(27-23-18-14-10-4)43(39-30-35(5)29-36(6)31-39)46(45)44(42)40-33-37(25-21-16-12-8-2)32-38(34-40)26-22-17-13-9-3/h21-22,25-26,29-34H,7-20,23-24,27-28H2,1-6H3. The molecule has 0 atom stereocenters. The summed E-state index contributed by atoms with van der Waals surface area (Å²) in [6.45, 7) is 13.4. The zero-order valence-electron chi connectivity index (χ0n) is 30.4. The summed E-state index contributed by atoms with van der Waals surface area (Å²) in [5.41, 5.74) is 24.2. The van der Waals surface area contributed by atoms with Gasteiger partial charge in [-0.1, -0.05) is 146 Å². The van der Waals surface area contributed by atoms with E-state index in [0.29, 0.717) is 0 Å². The first-order valence-electron chi connectivity index (χ1n) is 19.0. The molecule has 0 unspecified atom stereocenters. The Balaban J connectivity index is 2.16. The van der Waals surface area contributed by atoms with Gasteiger partial charge in [-0.15, -0.1) is 0 Å². The van der Waals surface area contributed by atoms with Crippen molar-refractivity contribution >= 4 is 23.5 Å². The zero-order valence-corrected chi connectivity index (χ0v) is 30.4. The minimum Gasteiger partial charge on any atom is -0.493 e. The van der Waals surface area contributed by atoms with Gasteiger partial charge in [0.2, 0.25) is 11.4 Å². The van der Waals surface area contributed by atoms with E-state index in [1.807, 2.05) is 0 Å². The largest absolute Gasteiger partial charge is 0.493 e. The Bertz CT molecular complexity index is 1310. The number of nitrogens with zero attached hydrogens (tertiary/aromatic N) is 2. The summed E-state index contributed by atoms with van der Waals surface area (Å²) in [7, 11) is 0. The van der Waals surface area contributed by atoms with E-state index < -0.39 is 0 Å². The molecule has 2 heteroatoms. The topological polar surface area (TPSA) is 25.3 Å². The Morgan fingerprint density at radius 2 is 0.913 bits per heavy atom. The molecule has 0 radical (unpaired) electrons. The number of allylic oxidation sites excluding steroid dienone is 4. The van der Waals surface area contributed by atoms with Crippen LogP contribution < -0.4 is 0 Å². The van der Waals surface area contributed by atoms with Crippen LogP contribution in [-0.4, -0.2) is 4.70 Å². The molecule has 0 saturated heterocycles. The highest BCUT2D eigenvalue weighted by Gasteiger charge is 2.35. The van der Waals surface area contributed by atoms with Gasteiger partial charge in [-0.05, 0) is 93.8 Å². The second kappa shape index (κ2) is 21.0. The third kappa shape index (κ3) is 11.7. The minimum absolute atomic E-state index is 1.00. The third-order valence-electron chi connectivity index (χ3n) is 9.24. The Morgan fingerprint density at radius 3 is 1.39 bits per heavy atom. The van der Waals surface area contributed by atoms with Gasteiger partial charge >= 0.3 is 0 Å². The van der Waals surface area contributed by atoms with E-state index in [4.69, 9.17) is 0 Å². The Kier molecular flexibility index (Phi) is 17.1. The van der Waals surface area contributed by atoms with E-state index in [1.54, 1.807) is 4.70 Å². The van der Waals surface area contributed by atoms with Crippen LogP contribution in [0.5, 0.6) is 0 Å². The summed E-state index contributed by atoms with van der Waals surface area (Å²) in [6, 6.07) is 13.7. The van der Waals surface area contributed by atoms with E-state index in [9.17, 15) is 5.53 Å². The van der Waals surface area contributed by atoms with Gasteiger partial charge < -0.3 is 5.53 Å². The molecule has 250 valence electrons. The molecule has 1 aliphatic rings. The van der Waals surface area contributed by atoms with E-state index in [0.717, 1.165) is 61.0 Å². The van der Waals surface area contributed by atoms with Crippen LogP contribution in [0.2, 0.25) is 0 Å². The fourth-order valence-electron chi connectivity index (χ4n) is 6.80. The fraction of sp³-hybridized carbons (Fsp3) is 0.545. The van der Waals surface area contributed by atoms with Crippen molar-refractivity contribution in [2.75, 3.05) is 0 Å². The van der Waals surface area contributed by atoms with Crippen molar-refractivity contribution in [3.05, 3.63) is 98.6 Å². The first kappa shape index (κ1) is 37.5. The van der Waals surface area contributed by atoms with Gasteiger partial charge in [0.1, 0.15) is 0 Å². The van der Waals surface area contributed by atoms with Crippen LogP contribution in [0, 0.1) is 13.8 Å². The Labute approximate surface area is 283 Å². The maximum absolute atomic E-state index is 12.3. The summed E-state index contributed by atoms with van der Waals surface area (Å²) in [5, 5.41) is 0. The zero-order chi connectivity index (χ0) is 33.1. The third-order valence-corrected chi connectivity index (χ3v) is 9.24. The first-order chi connectivity index (χ1) is 22.4. The second-order valence-electron chi connectivity index (χ2n) is 13.6. The van der Waals surface area contributed by atoms with Crippen LogP contribution in [0.1, 0.15) is 177 Å². The highest BCUT2D eigenvalue weighted by Crippen LogP contribution is 2.45. The lowest BCUT2D eigenvalue weighted by molar-refractivity contribution is -0.345. The highest BCUT2D eigenvalue weighted by molar-refractivity contribution is 5.83. The quantitative estimate of drug-likeness (QED) is 0.0924. The van der Waals surface area contributed by atoms with E-state index >= 15 is 0 Å². The van der Waals surface area contributed by atoms with Crippen molar-refractivity contribution < 1.29 is 4.70 Å². The van der Waals surface area contributed by atoms with Crippen molar-refractivity contribution in [3.8, 4) is 0 Å². The van der Waals surface area contributed by atoms with Crippen molar-refractivity contribution in [2.45, 2.75) is 157 Å². The first-order valence-corrected chi connectivity index (χ1v) is 19.0. The van der Waals surface area contributed by atoms with Gasteiger partial charge in [0.05, 0.1) is 0 Å². The van der Waals surface area contributed by atoms with Crippen LogP contribution in [0.15, 0.2) is 59.7 Å². The Hall–Kier alpha value is -3.00. The molecular weight excluding hydrogens is 556 g/mol. The summed E-state index contributed by atoms with van der Waals surface area (Å²) in [5.74, 6) is 0. The lowest BCUT2D eigenvalue weighted by Gasteiger charge is -2.12. The number of unbranched alkanes of at least 4 members (excludes halogenated alkanes) is 12. The van der Waals surface area contributed by atoms with Crippen molar-refractivity contribution in [3.63, 3.8) is 0 Å². The molecule has 0 N–H and O–H groups in total. The molecule has 0 amide bonds. The summed E-state index contributed by atoms with van der Waals surface area (Å²) in [4.78, 5) is 0. The van der Waals surface area contributed by atoms with Crippen LogP contribution in [-0.2, 0) is 0 Å². The molecule has 0 aromatic heterocycles. The number of hydrogen-bond donors (Lipinski definition) is 0. The predicted octanol–water partition coefficient (Wildman–Crippen LogP) is 14.6. The molecule has 0 saturated carbocycles. The van der Waals surface area contributed by atoms with Gasteiger partial charge in [0.15, 0.2) is 0 Å². The van der Waals surface area contributed by atoms with Crippen LogP contribution in [0.25, 0.3) is 29.1 Å². The van der Waals surface area contributed by atoms with Crippen molar-refractivity contribution in [2.24, 2.45) is 0 Å². The predicted molar refractivity (Wildman–Crippen MR) is 204 cm³/mol. The number of rotatable bonds is 22. The van der Waals surface area contributed by atoms with Gasteiger partial charge in [-0.25, -0.2) is 4.70 Å². The minimum atomic E-state index is 1.00. The molecule has 1 aliphatic heterocycles. The molecular formula is C44H64N2. The van der Waals surface area contributed by atoms with Crippen LogP contribution in [0.3, 0.4) is 0 Å². The molecule has 0 aliphatic carbocycles. The maximum Gasteiger partial charge on any atom is 0.211 e. The molecule has 0 fully saturated rings. The monoisotopic (exact) mass is 621 g/mol. The lowest BCUT2D eigenvalue weighted by Crippen LogP contribution is -2.04. The highest BCUT2D eigenvalue weighted by atomic mass is 15.2. The summed E-state index contributed by atoms with van der Waals surface area (Å²) >= 11 is 0. The normalized spacial score (nSPS) is 13.8. The number of hydrogen-bond acceptors (Lipinski definition) is 0. The van der Waals surface area contributed by atoms with Gasteiger partial charge in [-0.3, -0.25) is 0 Å². The van der Waals surface area contributed by atoms with Crippen LogP contribution >= 0.6 is 0 Å². The summed E-state index contributed by atoms with van der Waals surface area (Å²) in [6.07, 6.45) is 30.8.